The topological polar surface area (TPSA) is 142 Å². The first-order chi connectivity index (χ1) is 0. The molecule has 0 rings (SSSR count). The van der Waals surface area contributed by atoms with Crippen LogP contribution in [0.15, 0.2) is 0 Å². The van der Waals surface area contributed by atoms with Crippen LogP contribution < -0.4 is 0 Å². The van der Waals surface area contributed by atoms with Crippen molar-refractivity contribution >= 4 is 89.3 Å². The van der Waals surface area contributed by atoms with Crippen LogP contribution in [0.25, 0.3) is 0 Å². The standard InChI is InChI=1S/2Al.5O.2Pb/q2*+3;5*-2;2*+2. The molecule has 0 aliphatic carbocycles. The second-order valence-corrected chi connectivity index (χ2v) is 0. The smallest absolute Gasteiger partial charge is 2.00 e. The van der Waals surface area contributed by atoms with Crippen molar-refractivity contribution in [2.75, 3.05) is 0 Å². The summed E-state index contributed by atoms with van der Waals surface area (Å²) in [5, 5.41) is 0. The van der Waals surface area contributed by atoms with Crippen molar-refractivity contribution in [1.82, 2.24) is 0 Å². The Balaban J connectivity index is 0. The van der Waals surface area contributed by atoms with Gasteiger partial charge < -0.3 is 27.4 Å². The molecule has 0 N–H and O–H groups in total. The summed E-state index contributed by atoms with van der Waals surface area (Å²) in [5.74, 6) is 0. The first-order valence-corrected chi connectivity index (χ1v) is 0. The van der Waals surface area contributed by atoms with Crippen LogP contribution in [0, 0.1) is 0 Å². The Bertz CT molecular complexity index is 12.9. The van der Waals surface area contributed by atoms with Gasteiger partial charge in [-0.25, -0.2) is 0 Å². The third-order valence-corrected chi connectivity index (χ3v) is 0. The zero-order chi connectivity index (χ0) is 0. The molecule has 0 aromatic heterocycles. The van der Waals surface area contributed by atoms with E-state index >= 15 is 0 Å². The predicted molar refractivity (Wildman–Crippen MR) is 26.4 cm³/mol. The molecule has 0 atom stereocenters. The van der Waals surface area contributed by atoms with Crippen molar-refractivity contribution in [2.24, 2.45) is 0 Å². The molecule has 44 valence electrons. The molecule has 4 radical (unpaired) electrons. The monoisotopic (exact) mass is 550 g/mol. The zero-order valence-electron chi connectivity index (χ0n) is 4.20. The summed E-state index contributed by atoms with van der Waals surface area (Å²) in [4.78, 5) is 0. The van der Waals surface area contributed by atoms with E-state index in [0.29, 0.717) is 0 Å². The normalized spacial score (nSPS) is 0. The van der Waals surface area contributed by atoms with E-state index in [2.05, 4.69) is 0 Å². The van der Waals surface area contributed by atoms with E-state index in [1.54, 1.807) is 0 Å². The molecule has 9 heteroatoms. The Labute approximate surface area is 115 Å². The third kappa shape index (κ3) is 111. The molecule has 0 amide bonds. The first-order valence-electron chi connectivity index (χ1n) is 0. The molecular weight excluding hydrogens is 548 g/mol. The van der Waals surface area contributed by atoms with Gasteiger partial charge in [0.15, 0.2) is 0 Å². The second-order valence-electron chi connectivity index (χ2n) is 0. The average Bonchev–Trinajstić information content (AvgIpc) is 0. The zero-order valence-corrected chi connectivity index (χ0v) is 14.3. The van der Waals surface area contributed by atoms with Crippen molar-refractivity contribution in [3.63, 3.8) is 0 Å². The Kier molecular flexibility index (Phi) is 2800. The van der Waals surface area contributed by atoms with Crippen LogP contribution in [0.4, 0.5) is 0 Å². The summed E-state index contributed by atoms with van der Waals surface area (Å²) >= 11 is 0. The summed E-state index contributed by atoms with van der Waals surface area (Å²) in [6.07, 6.45) is 0. The number of hydrogen-bond acceptors (Lipinski definition) is 0. The van der Waals surface area contributed by atoms with Crippen molar-refractivity contribution < 1.29 is 27.4 Å². The molecule has 0 aromatic rings. The van der Waals surface area contributed by atoms with Crippen molar-refractivity contribution in [3.8, 4) is 0 Å². The molecule has 0 fully saturated rings. The average molecular weight is 548 g/mol. The number of hydrogen-bond donors (Lipinski definition) is 0. The maximum Gasteiger partial charge on any atom is 3.00 e. The van der Waals surface area contributed by atoms with E-state index in [1.807, 2.05) is 0 Å². The van der Waals surface area contributed by atoms with Crippen LogP contribution in [0.3, 0.4) is 0 Å². The molecule has 0 saturated carbocycles. The maximum absolute atomic E-state index is 0. The van der Waals surface area contributed by atoms with Gasteiger partial charge in [0.25, 0.3) is 0 Å². The van der Waals surface area contributed by atoms with E-state index in [-0.39, 0.29) is 117 Å². The Morgan fingerprint density at radius 3 is 0.333 bits per heavy atom. The Morgan fingerprint density at radius 1 is 0.333 bits per heavy atom. The summed E-state index contributed by atoms with van der Waals surface area (Å²) in [5.41, 5.74) is 0. The maximum atomic E-state index is 0. The molecule has 0 aliphatic heterocycles. The van der Waals surface area contributed by atoms with Crippen LogP contribution in [-0.2, 0) is 27.4 Å². The van der Waals surface area contributed by atoms with E-state index in [4.69, 9.17) is 0 Å². The fourth-order valence-corrected chi connectivity index (χ4v) is 0. The van der Waals surface area contributed by atoms with E-state index in [9.17, 15) is 0 Å². The molecule has 5 nitrogen and oxygen atoms in total. The van der Waals surface area contributed by atoms with E-state index in [0.717, 1.165) is 0 Å². The van der Waals surface area contributed by atoms with Gasteiger partial charge in [-0.1, -0.05) is 0 Å². The molecular formula is Al2O5Pb2. The molecule has 0 aromatic carbocycles. The summed E-state index contributed by atoms with van der Waals surface area (Å²) in [6, 6.07) is 0. The largest absolute Gasteiger partial charge is 3.00 e. The fraction of sp³-hybridized carbons (Fsp3) is 0. The molecule has 0 saturated heterocycles. The van der Waals surface area contributed by atoms with Gasteiger partial charge in [-0.2, -0.15) is 0 Å². The van der Waals surface area contributed by atoms with Crippen LogP contribution in [-0.4, -0.2) is 89.3 Å². The molecule has 0 heterocycles. The molecule has 0 unspecified atom stereocenters. The molecule has 9 heavy (non-hydrogen) atoms. The van der Waals surface area contributed by atoms with E-state index < -0.39 is 0 Å². The minimum Gasteiger partial charge on any atom is -2.00 e. The summed E-state index contributed by atoms with van der Waals surface area (Å²) < 4.78 is 0. The summed E-state index contributed by atoms with van der Waals surface area (Å²) in [6.45, 7) is 0. The van der Waals surface area contributed by atoms with Gasteiger partial charge in [0.05, 0.1) is 0 Å². The molecule has 0 aliphatic rings. The first kappa shape index (κ1) is 183. The number of rotatable bonds is 0. The van der Waals surface area contributed by atoms with Crippen molar-refractivity contribution in [3.05, 3.63) is 0 Å². The Morgan fingerprint density at radius 2 is 0.333 bits per heavy atom. The van der Waals surface area contributed by atoms with E-state index in [1.165, 1.54) is 0 Å². The van der Waals surface area contributed by atoms with Crippen LogP contribution >= 0.6 is 0 Å². The van der Waals surface area contributed by atoms with Gasteiger partial charge in [0.2, 0.25) is 0 Å². The van der Waals surface area contributed by atoms with Gasteiger partial charge in [-0.15, -0.1) is 0 Å². The van der Waals surface area contributed by atoms with Crippen LogP contribution in [0.1, 0.15) is 0 Å². The predicted octanol–water partition coefficient (Wildman–Crippen LogP) is -2.12. The fourth-order valence-electron chi connectivity index (χ4n) is 0. The van der Waals surface area contributed by atoms with Gasteiger partial charge >= 0.3 is 89.3 Å². The summed E-state index contributed by atoms with van der Waals surface area (Å²) in [7, 11) is 0. The van der Waals surface area contributed by atoms with Gasteiger partial charge in [-0.05, 0) is 0 Å². The van der Waals surface area contributed by atoms with Crippen molar-refractivity contribution in [2.45, 2.75) is 0 Å². The quantitative estimate of drug-likeness (QED) is 0.306. The minimum atomic E-state index is 0. The molecule has 0 bridgehead atoms. The molecule has 0 spiro atoms. The second kappa shape index (κ2) is 138. The van der Waals surface area contributed by atoms with Crippen molar-refractivity contribution in [1.29, 1.82) is 0 Å². The van der Waals surface area contributed by atoms with Crippen LogP contribution in [0.2, 0.25) is 0 Å². The van der Waals surface area contributed by atoms with Gasteiger partial charge in [0.1, 0.15) is 0 Å². The Hall–Kier alpha value is 2.71. The van der Waals surface area contributed by atoms with Crippen LogP contribution in [0.5, 0.6) is 0 Å². The minimum absolute atomic E-state index is 0. The van der Waals surface area contributed by atoms with Gasteiger partial charge in [-0.3, -0.25) is 0 Å². The third-order valence-electron chi connectivity index (χ3n) is 0. The SMILES string of the molecule is [Al+3].[Al+3].[O-2].[O-2].[O-2].[O-2].[O-2].[Pb+2].[Pb+2]. The van der Waals surface area contributed by atoms with Gasteiger partial charge in [0, 0.05) is 0 Å².